The maximum absolute atomic E-state index is 12.8. The van der Waals surface area contributed by atoms with E-state index in [9.17, 15) is 9.59 Å². The summed E-state index contributed by atoms with van der Waals surface area (Å²) in [4.78, 5) is 27.2. The fourth-order valence-corrected chi connectivity index (χ4v) is 3.33. The fraction of sp³-hybridized carbons (Fsp3) is 0.391. The Morgan fingerprint density at radius 3 is 2.45 bits per heavy atom. The van der Waals surface area contributed by atoms with E-state index in [1.807, 2.05) is 17.0 Å². The molecule has 2 aromatic carbocycles. The van der Waals surface area contributed by atoms with Crippen molar-refractivity contribution in [3.8, 4) is 11.5 Å². The summed E-state index contributed by atoms with van der Waals surface area (Å²) in [5, 5.41) is 2.83. The van der Waals surface area contributed by atoms with Gasteiger partial charge in [-0.3, -0.25) is 9.59 Å². The second kappa shape index (κ2) is 9.45. The number of anilines is 1. The zero-order chi connectivity index (χ0) is 20.8. The highest BCUT2D eigenvalue weighted by Gasteiger charge is 2.22. The van der Waals surface area contributed by atoms with Crippen molar-refractivity contribution < 1.29 is 19.1 Å². The molecule has 2 amide bonds. The minimum Gasteiger partial charge on any atom is -0.493 e. The van der Waals surface area contributed by atoms with Crippen LogP contribution < -0.4 is 14.8 Å². The third kappa shape index (κ3) is 5.28. The maximum Gasteiger partial charge on any atom is 0.265 e. The van der Waals surface area contributed by atoms with Crippen LogP contribution in [0.5, 0.6) is 11.5 Å². The van der Waals surface area contributed by atoms with Crippen molar-refractivity contribution in [2.75, 3.05) is 25.5 Å². The molecule has 0 aromatic heterocycles. The van der Waals surface area contributed by atoms with Gasteiger partial charge in [-0.25, -0.2) is 0 Å². The Bertz CT molecular complexity index is 859. The van der Waals surface area contributed by atoms with Gasteiger partial charge in [-0.1, -0.05) is 25.1 Å². The van der Waals surface area contributed by atoms with Crippen molar-refractivity contribution in [1.82, 2.24) is 4.90 Å². The fourth-order valence-electron chi connectivity index (χ4n) is 3.33. The largest absolute Gasteiger partial charge is 0.493 e. The van der Waals surface area contributed by atoms with Crippen molar-refractivity contribution >= 4 is 17.5 Å². The van der Waals surface area contributed by atoms with Gasteiger partial charge in [-0.2, -0.15) is 0 Å². The van der Waals surface area contributed by atoms with Crippen LogP contribution in [0.25, 0.3) is 0 Å². The molecule has 1 atom stereocenters. The highest BCUT2D eigenvalue weighted by atomic mass is 16.5. The lowest BCUT2D eigenvalue weighted by Gasteiger charge is -2.30. The zero-order valence-electron chi connectivity index (χ0n) is 17.2. The molecule has 29 heavy (non-hydrogen) atoms. The summed E-state index contributed by atoms with van der Waals surface area (Å²) in [6, 6.07) is 14.2. The van der Waals surface area contributed by atoms with Crippen molar-refractivity contribution in [3.63, 3.8) is 0 Å². The van der Waals surface area contributed by atoms with Crippen LogP contribution in [-0.4, -0.2) is 43.0 Å². The van der Waals surface area contributed by atoms with Crippen molar-refractivity contribution in [1.29, 1.82) is 0 Å². The number of para-hydroxylation sites is 2. The van der Waals surface area contributed by atoms with E-state index in [1.165, 1.54) is 0 Å². The Morgan fingerprint density at radius 1 is 1.07 bits per heavy atom. The molecule has 1 fully saturated rings. The molecule has 1 aliphatic heterocycles. The van der Waals surface area contributed by atoms with E-state index in [-0.39, 0.29) is 11.8 Å². The SMILES string of the molecule is COc1ccccc1OC(C)C(=O)Nc1cccc(C(=O)N2CCC(C)CC2)c1. The first-order valence-electron chi connectivity index (χ1n) is 9.98. The van der Waals surface area contributed by atoms with Crippen LogP contribution >= 0.6 is 0 Å². The van der Waals surface area contributed by atoms with Crippen LogP contribution in [0.1, 0.15) is 37.0 Å². The average molecular weight is 396 g/mol. The molecule has 3 rings (SSSR count). The summed E-state index contributed by atoms with van der Waals surface area (Å²) in [6.45, 7) is 5.44. The number of amides is 2. The normalized spacial score (nSPS) is 15.5. The Kier molecular flexibility index (Phi) is 6.75. The summed E-state index contributed by atoms with van der Waals surface area (Å²) in [7, 11) is 1.55. The van der Waals surface area contributed by atoms with E-state index < -0.39 is 6.10 Å². The lowest BCUT2D eigenvalue weighted by atomic mass is 9.98. The standard InChI is InChI=1S/C23H28N2O4/c1-16-11-13-25(14-12-16)23(27)18-7-6-8-19(15-18)24-22(26)17(2)29-21-10-5-4-9-20(21)28-3/h4-10,15-17H,11-14H2,1-3H3,(H,24,26). The number of hydrogen-bond acceptors (Lipinski definition) is 4. The quantitative estimate of drug-likeness (QED) is 0.802. The van der Waals surface area contributed by atoms with Gasteiger partial charge in [-0.15, -0.1) is 0 Å². The first-order chi connectivity index (χ1) is 14.0. The first kappa shape index (κ1) is 20.7. The lowest BCUT2D eigenvalue weighted by molar-refractivity contribution is -0.122. The number of nitrogens with zero attached hydrogens (tertiary/aromatic N) is 1. The minimum atomic E-state index is -0.728. The highest BCUT2D eigenvalue weighted by molar-refractivity contribution is 5.98. The number of nitrogens with one attached hydrogen (secondary N) is 1. The second-order valence-corrected chi connectivity index (χ2v) is 7.46. The van der Waals surface area contributed by atoms with Gasteiger partial charge in [0, 0.05) is 24.3 Å². The van der Waals surface area contributed by atoms with Crippen LogP contribution in [0.2, 0.25) is 0 Å². The molecule has 0 saturated carbocycles. The van der Waals surface area contributed by atoms with Crippen LogP contribution in [0, 0.1) is 5.92 Å². The molecule has 1 aliphatic rings. The van der Waals surface area contributed by atoms with Gasteiger partial charge in [0.1, 0.15) is 0 Å². The second-order valence-electron chi connectivity index (χ2n) is 7.46. The van der Waals surface area contributed by atoms with Crippen LogP contribution in [0.3, 0.4) is 0 Å². The van der Waals surface area contributed by atoms with Gasteiger partial charge in [-0.05, 0) is 56.0 Å². The van der Waals surface area contributed by atoms with Gasteiger partial charge in [0.2, 0.25) is 0 Å². The molecule has 154 valence electrons. The van der Waals surface area contributed by atoms with E-state index in [1.54, 1.807) is 50.4 Å². The van der Waals surface area contributed by atoms with E-state index >= 15 is 0 Å². The average Bonchev–Trinajstić information content (AvgIpc) is 2.74. The van der Waals surface area contributed by atoms with Crippen molar-refractivity contribution in [2.24, 2.45) is 5.92 Å². The molecule has 1 unspecified atom stereocenters. The summed E-state index contributed by atoms with van der Waals surface area (Å²) < 4.78 is 11.0. The minimum absolute atomic E-state index is 0.00585. The molecular formula is C23H28N2O4. The lowest BCUT2D eigenvalue weighted by Crippen LogP contribution is -2.38. The Morgan fingerprint density at radius 2 is 1.76 bits per heavy atom. The predicted octanol–water partition coefficient (Wildman–Crippen LogP) is 3.97. The van der Waals surface area contributed by atoms with Gasteiger partial charge < -0.3 is 19.7 Å². The molecule has 2 aromatic rings. The highest BCUT2D eigenvalue weighted by Crippen LogP contribution is 2.27. The van der Waals surface area contributed by atoms with E-state index in [0.717, 1.165) is 25.9 Å². The molecule has 1 heterocycles. The predicted molar refractivity (Wildman–Crippen MR) is 112 cm³/mol. The molecule has 0 radical (unpaired) electrons. The third-order valence-corrected chi connectivity index (χ3v) is 5.19. The molecule has 1 saturated heterocycles. The van der Waals surface area contributed by atoms with Crippen LogP contribution in [0.15, 0.2) is 48.5 Å². The number of carbonyl (C=O) groups excluding carboxylic acids is 2. The Labute approximate surface area is 171 Å². The van der Waals surface area contributed by atoms with Crippen molar-refractivity contribution in [3.05, 3.63) is 54.1 Å². The molecule has 6 nitrogen and oxygen atoms in total. The maximum atomic E-state index is 12.8. The van der Waals surface area contributed by atoms with Crippen LogP contribution in [0.4, 0.5) is 5.69 Å². The van der Waals surface area contributed by atoms with Crippen LogP contribution in [-0.2, 0) is 4.79 Å². The summed E-state index contributed by atoms with van der Waals surface area (Å²) >= 11 is 0. The number of ether oxygens (including phenoxy) is 2. The summed E-state index contributed by atoms with van der Waals surface area (Å²) in [5.74, 6) is 1.43. The zero-order valence-corrected chi connectivity index (χ0v) is 17.2. The third-order valence-electron chi connectivity index (χ3n) is 5.19. The number of hydrogen-bond donors (Lipinski definition) is 1. The summed E-state index contributed by atoms with van der Waals surface area (Å²) in [6.07, 6.45) is 1.33. The van der Waals surface area contributed by atoms with Crippen molar-refractivity contribution in [2.45, 2.75) is 32.8 Å². The molecular weight excluding hydrogens is 368 g/mol. The van der Waals surface area contributed by atoms with E-state index in [0.29, 0.717) is 28.7 Å². The van der Waals surface area contributed by atoms with Gasteiger partial charge in [0.05, 0.1) is 7.11 Å². The number of benzene rings is 2. The number of piperidine rings is 1. The van der Waals surface area contributed by atoms with Gasteiger partial charge in [0.25, 0.3) is 11.8 Å². The molecule has 6 heteroatoms. The molecule has 0 spiro atoms. The van der Waals surface area contributed by atoms with E-state index in [4.69, 9.17) is 9.47 Å². The number of rotatable bonds is 6. The number of methoxy groups -OCH3 is 1. The van der Waals surface area contributed by atoms with E-state index in [2.05, 4.69) is 12.2 Å². The first-order valence-corrected chi connectivity index (χ1v) is 9.98. The smallest absolute Gasteiger partial charge is 0.265 e. The monoisotopic (exact) mass is 396 g/mol. The summed E-state index contributed by atoms with van der Waals surface area (Å²) in [5.41, 5.74) is 1.15. The topological polar surface area (TPSA) is 67.9 Å². The Balaban J connectivity index is 1.63. The molecule has 0 aliphatic carbocycles. The number of carbonyl (C=O) groups is 2. The number of likely N-dealkylation sites (tertiary alicyclic amines) is 1. The molecule has 1 N–H and O–H groups in total. The van der Waals surface area contributed by atoms with Gasteiger partial charge >= 0.3 is 0 Å². The molecule has 0 bridgehead atoms. The Hall–Kier alpha value is -3.02. The van der Waals surface area contributed by atoms with Gasteiger partial charge in [0.15, 0.2) is 17.6 Å².